The highest BCUT2D eigenvalue weighted by Crippen LogP contribution is 2.40. The largest absolute Gasteiger partial charge is 0.405 e. The number of primary sulfonamides is 1. The standard InChI is InChI=1S/C18H19F2N3O3S/c1-18(2,27(21,24)25)16(13-8-5-6-10-22-13)15-11-12-7-3-4-9-14(12)23(15)26-17(19)20/h3-11,16-17H,1-2H3,(H2,21,24,25). The van der Waals surface area contributed by atoms with Gasteiger partial charge in [-0.15, -0.1) is 0 Å². The lowest BCUT2D eigenvalue weighted by molar-refractivity contribution is -0.131. The third kappa shape index (κ3) is 3.52. The van der Waals surface area contributed by atoms with Crippen LogP contribution in [0, 0.1) is 0 Å². The summed E-state index contributed by atoms with van der Waals surface area (Å²) in [6.45, 7) is -0.223. The molecule has 2 N–H and O–H groups in total. The maximum atomic E-state index is 13.1. The third-order valence-corrected chi connectivity index (χ3v) is 6.29. The average molecular weight is 395 g/mol. The molecule has 1 atom stereocenters. The topological polar surface area (TPSA) is 87.2 Å². The number of benzene rings is 1. The summed E-state index contributed by atoms with van der Waals surface area (Å²) in [6.07, 6.45) is 1.50. The van der Waals surface area contributed by atoms with Gasteiger partial charge in [0.05, 0.1) is 27.6 Å². The van der Waals surface area contributed by atoms with Gasteiger partial charge in [0.15, 0.2) is 0 Å². The van der Waals surface area contributed by atoms with Crippen LogP contribution in [0.5, 0.6) is 0 Å². The molecule has 0 bridgehead atoms. The van der Waals surface area contributed by atoms with Gasteiger partial charge in [-0.2, -0.15) is 13.5 Å². The van der Waals surface area contributed by atoms with Crippen molar-refractivity contribution in [1.82, 2.24) is 9.71 Å². The van der Waals surface area contributed by atoms with Gasteiger partial charge < -0.3 is 4.84 Å². The molecule has 0 aliphatic rings. The summed E-state index contributed by atoms with van der Waals surface area (Å²) >= 11 is 0. The van der Waals surface area contributed by atoms with E-state index in [0.717, 1.165) is 4.73 Å². The number of pyridine rings is 1. The normalized spacial score (nSPS) is 13.9. The Balaban J connectivity index is 2.34. The average Bonchev–Trinajstić information content (AvgIpc) is 2.92. The zero-order valence-corrected chi connectivity index (χ0v) is 15.5. The number of hydrogen-bond donors (Lipinski definition) is 1. The molecule has 27 heavy (non-hydrogen) atoms. The number of para-hydroxylation sites is 1. The Morgan fingerprint density at radius 3 is 2.41 bits per heavy atom. The fourth-order valence-electron chi connectivity index (χ4n) is 3.12. The van der Waals surface area contributed by atoms with Gasteiger partial charge in [0, 0.05) is 11.6 Å². The first kappa shape index (κ1) is 19.2. The van der Waals surface area contributed by atoms with Crippen molar-refractivity contribution >= 4 is 20.9 Å². The van der Waals surface area contributed by atoms with Crippen LogP contribution in [0.1, 0.15) is 31.2 Å². The molecule has 3 aromatic rings. The molecule has 0 aliphatic heterocycles. The van der Waals surface area contributed by atoms with E-state index in [1.54, 1.807) is 48.5 Å². The fourth-order valence-corrected chi connectivity index (χ4v) is 3.69. The maximum Gasteiger partial charge on any atom is 0.405 e. The molecule has 0 aliphatic carbocycles. The molecule has 0 fully saturated rings. The predicted octanol–water partition coefficient (Wildman–Crippen LogP) is 2.89. The molecule has 0 spiro atoms. The Bertz CT molecular complexity index is 1050. The zero-order valence-electron chi connectivity index (χ0n) is 14.7. The molecule has 1 aromatic carbocycles. The molecule has 0 saturated heterocycles. The second kappa shape index (κ2) is 6.90. The van der Waals surface area contributed by atoms with Crippen LogP contribution in [0.2, 0.25) is 0 Å². The van der Waals surface area contributed by atoms with Crippen molar-refractivity contribution in [3.8, 4) is 0 Å². The summed E-state index contributed by atoms with van der Waals surface area (Å²) in [4.78, 5) is 8.98. The summed E-state index contributed by atoms with van der Waals surface area (Å²) in [5.41, 5.74) is 0.978. The molecule has 0 amide bonds. The lowest BCUT2D eigenvalue weighted by Crippen LogP contribution is -2.44. The number of aromatic nitrogens is 2. The van der Waals surface area contributed by atoms with Crippen LogP contribution in [0.15, 0.2) is 54.7 Å². The Morgan fingerprint density at radius 1 is 1.15 bits per heavy atom. The van der Waals surface area contributed by atoms with E-state index < -0.39 is 27.3 Å². The minimum Gasteiger partial charge on any atom is -0.344 e. The Labute approximate surface area is 155 Å². The van der Waals surface area contributed by atoms with Crippen molar-refractivity contribution in [3.63, 3.8) is 0 Å². The van der Waals surface area contributed by atoms with Gasteiger partial charge in [0.25, 0.3) is 0 Å². The molecule has 0 radical (unpaired) electrons. The molecule has 0 saturated carbocycles. The van der Waals surface area contributed by atoms with E-state index in [1.807, 2.05) is 0 Å². The first-order valence-electron chi connectivity index (χ1n) is 8.12. The highest BCUT2D eigenvalue weighted by atomic mass is 32.2. The van der Waals surface area contributed by atoms with Crippen LogP contribution in [-0.4, -0.2) is 29.5 Å². The van der Waals surface area contributed by atoms with Crippen LogP contribution < -0.4 is 9.98 Å². The number of nitrogens with two attached hydrogens (primary N) is 1. The van der Waals surface area contributed by atoms with E-state index in [-0.39, 0.29) is 5.69 Å². The summed E-state index contributed by atoms with van der Waals surface area (Å²) in [6, 6.07) is 13.4. The minimum atomic E-state index is -4.08. The van der Waals surface area contributed by atoms with Crippen LogP contribution in [0.3, 0.4) is 0 Å². The summed E-state index contributed by atoms with van der Waals surface area (Å²) in [5.74, 6) is -0.945. The summed E-state index contributed by atoms with van der Waals surface area (Å²) < 4.78 is 50.3. The quantitative estimate of drug-likeness (QED) is 0.695. The first-order valence-corrected chi connectivity index (χ1v) is 9.66. The van der Waals surface area contributed by atoms with Crippen molar-refractivity contribution in [2.24, 2.45) is 5.14 Å². The van der Waals surface area contributed by atoms with Crippen LogP contribution >= 0.6 is 0 Å². The van der Waals surface area contributed by atoms with Gasteiger partial charge in [0.2, 0.25) is 10.0 Å². The van der Waals surface area contributed by atoms with Crippen molar-refractivity contribution in [2.45, 2.75) is 31.1 Å². The maximum absolute atomic E-state index is 13.1. The minimum absolute atomic E-state index is 0.217. The van der Waals surface area contributed by atoms with E-state index in [9.17, 15) is 17.2 Å². The van der Waals surface area contributed by atoms with Crippen molar-refractivity contribution in [1.29, 1.82) is 0 Å². The Morgan fingerprint density at radius 2 is 1.81 bits per heavy atom. The highest BCUT2D eigenvalue weighted by Gasteiger charge is 2.44. The molecule has 144 valence electrons. The Hall–Kier alpha value is -2.52. The summed E-state index contributed by atoms with van der Waals surface area (Å²) in [7, 11) is -4.08. The predicted molar refractivity (Wildman–Crippen MR) is 97.8 cm³/mol. The highest BCUT2D eigenvalue weighted by molar-refractivity contribution is 7.90. The fraction of sp³-hybridized carbons (Fsp3) is 0.278. The van der Waals surface area contributed by atoms with Crippen molar-refractivity contribution in [2.75, 3.05) is 0 Å². The molecular weight excluding hydrogens is 376 g/mol. The number of nitrogens with zero attached hydrogens (tertiary/aromatic N) is 2. The van der Waals surface area contributed by atoms with Crippen LogP contribution in [0.25, 0.3) is 10.9 Å². The lowest BCUT2D eigenvalue weighted by atomic mass is 9.88. The molecule has 9 heteroatoms. The number of rotatable bonds is 6. The lowest BCUT2D eigenvalue weighted by Gasteiger charge is -2.32. The monoisotopic (exact) mass is 395 g/mol. The smallest absolute Gasteiger partial charge is 0.344 e. The molecule has 1 unspecified atom stereocenters. The van der Waals surface area contributed by atoms with Gasteiger partial charge in [-0.25, -0.2) is 13.6 Å². The van der Waals surface area contributed by atoms with Gasteiger partial charge in [-0.1, -0.05) is 24.3 Å². The molecule has 3 rings (SSSR count). The zero-order chi connectivity index (χ0) is 19.8. The van der Waals surface area contributed by atoms with Gasteiger partial charge >= 0.3 is 6.61 Å². The van der Waals surface area contributed by atoms with Gasteiger partial charge in [0.1, 0.15) is 0 Å². The number of hydrogen-bond acceptors (Lipinski definition) is 4. The van der Waals surface area contributed by atoms with E-state index >= 15 is 0 Å². The second-order valence-electron chi connectivity index (χ2n) is 6.62. The first-order chi connectivity index (χ1) is 12.6. The number of fused-ring (bicyclic) bond motifs is 1. The molecule has 6 nitrogen and oxygen atoms in total. The number of sulfonamides is 1. The SMILES string of the molecule is CC(C)(C(c1ccccn1)c1cc2ccccc2n1OC(F)F)S(N)(=O)=O. The van der Waals surface area contributed by atoms with E-state index in [0.29, 0.717) is 16.6 Å². The molecule has 2 aromatic heterocycles. The second-order valence-corrected chi connectivity index (χ2v) is 8.77. The van der Waals surface area contributed by atoms with Gasteiger partial charge in [-0.3, -0.25) is 4.98 Å². The van der Waals surface area contributed by atoms with Gasteiger partial charge in [-0.05, 0) is 38.1 Å². The van der Waals surface area contributed by atoms with Crippen LogP contribution in [-0.2, 0) is 10.0 Å². The number of alkyl halides is 2. The molecule has 2 heterocycles. The van der Waals surface area contributed by atoms with E-state index in [4.69, 9.17) is 9.98 Å². The Kier molecular flexibility index (Phi) is 4.92. The van der Waals surface area contributed by atoms with E-state index in [1.165, 1.54) is 20.0 Å². The van der Waals surface area contributed by atoms with Crippen LogP contribution in [0.4, 0.5) is 8.78 Å². The van der Waals surface area contributed by atoms with Crippen molar-refractivity contribution < 1.29 is 22.0 Å². The van der Waals surface area contributed by atoms with E-state index in [2.05, 4.69) is 4.98 Å². The summed E-state index contributed by atoms with van der Waals surface area (Å²) in [5, 5.41) is 6.10. The third-order valence-electron chi connectivity index (χ3n) is 4.59. The number of halogens is 2. The van der Waals surface area contributed by atoms with Crippen molar-refractivity contribution in [3.05, 3.63) is 66.1 Å². The molecular formula is C18H19F2N3O3S.